The molecule has 0 radical (unpaired) electrons. The summed E-state index contributed by atoms with van der Waals surface area (Å²) in [7, 11) is -2.55. The van der Waals surface area contributed by atoms with E-state index in [4.69, 9.17) is 23.2 Å². The average molecular weight is 386 g/mol. The number of carbonyl (C=O) groups excluding carboxylic acids is 1. The molecule has 0 bridgehead atoms. The van der Waals surface area contributed by atoms with Crippen LogP contribution in [0.3, 0.4) is 0 Å². The van der Waals surface area contributed by atoms with Gasteiger partial charge in [0.25, 0.3) is 10.0 Å². The second-order valence-corrected chi connectivity index (χ2v) is 7.10. The Bertz CT molecular complexity index is 877. The van der Waals surface area contributed by atoms with Crippen molar-refractivity contribution in [3.8, 4) is 0 Å². The van der Waals surface area contributed by atoms with E-state index in [0.717, 1.165) is 5.41 Å². The van der Waals surface area contributed by atoms with E-state index in [1.807, 2.05) is 0 Å². The predicted octanol–water partition coefficient (Wildman–Crippen LogP) is 4.19. The van der Waals surface area contributed by atoms with E-state index >= 15 is 0 Å². The van der Waals surface area contributed by atoms with Gasteiger partial charge >= 0.3 is 5.97 Å². The molecule has 8 heteroatoms. The lowest BCUT2D eigenvalue weighted by Crippen LogP contribution is -2.10. The molecular weight excluding hydrogens is 373 g/mol. The molecule has 0 aromatic heterocycles. The zero-order chi connectivity index (χ0) is 17.7. The fourth-order valence-electron chi connectivity index (χ4n) is 1.80. The first-order chi connectivity index (χ1) is 11.3. The van der Waals surface area contributed by atoms with Gasteiger partial charge in [-0.25, -0.2) is 13.2 Å². The minimum Gasteiger partial charge on any atom is -0.465 e. The van der Waals surface area contributed by atoms with Gasteiger partial charge in [-0.2, -0.15) is 0 Å². The van der Waals surface area contributed by atoms with Crippen LogP contribution in [0.4, 0.5) is 5.69 Å². The number of anilines is 1. The van der Waals surface area contributed by atoms with Gasteiger partial charge < -0.3 is 4.74 Å². The number of hydrogen-bond acceptors (Lipinski definition) is 4. The number of hydrogen-bond donors (Lipinski definition) is 1. The molecule has 0 heterocycles. The van der Waals surface area contributed by atoms with Crippen LogP contribution in [0.5, 0.6) is 0 Å². The maximum Gasteiger partial charge on any atom is 0.339 e. The first-order valence-electron chi connectivity index (χ1n) is 6.65. The van der Waals surface area contributed by atoms with Crippen molar-refractivity contribution < 1.29 is 17.9 Å². The number of methoxy groups -OCH3 is 1. The van der Waals surface area contributed by atoms with Crippen LogP contribution in [0.1, 0.15) is 15.9 Å². The van der Waals surface area contributed by atoms with Crippen molar-refractivity contribution in [2.75, 3.05) is 11.8 Å². The molecule has 0 amide bonds. The number of rotatable bonds is 5. The van der Waals surface area contributed by atoms with Gasteiger partial charge in [-0.05, 0) is 42.0 Å². The molecule has 0 atom stereocenters. The summed E-state index contributed by atoms with van der Waals surface area (Å²) in [6.07, 6.45) is 1.43. The molecule has 0 saturated carbocycles. The van der Waals surface area contributed by atoms with Gasteiger partial charge in [0.2, 0.25) is 0 Å². The number of sulfonamides is 1. The van der Waals surface area contributed by atoms with E-state index in [0.29, 0.717) is 10.6 Å². The van der Waals surface area contributed by atoms with Crippen molar-refractivity contribution in [2.24, 2.45) is 0 Å². The van der Waals surface area contributed by atoms with Crippen LogP contribution in [-0.2, 0) is 14.8 Å². The fourth-order valence-corrected chi connectivity index (χ4v) is 2.98. The Labute approximate surface area is 149 Å². The van der Waals surface area contributed by atoms with E-state index in [1.54, 1.807) is 24.3 Å². The van der Waals surface area contributed by atoms with E-state index in [-0.39, 0.29) is 16.3 Å². The maximum atomic E-state index is 12.1. The SMILES string of the molecule is COC(=O)c1cc(NS(=O)(=O)C=Cc2ccc(Cl)cc2)ccc1Cl. The molecule has 2 aromatic rings. The van der Waals surface area contributed by atoms with Crippen LogP contribution >= 0.6 is 23.2 Å². The third-order valence-electron chi connectivity index (χ3n) is 2.94. The first-order valence-corrected chi connectivity index (χ1v) is 8.95. The average Bonchev–Trinajstić information content (AvgIpc) is 2.55. The minimum absolute atomic E-state index is 0.0704. The van der Waals surface area contributed by atoms with Gasteiger partial charge in [-0.1, -0.05) is 35.3 Å². The van der Waals surface area contributed by atoms with E-state index < -0.39 is 16.0 Å². The standard InChI is InChI=1S/C16H13Cl2NO4S/c1-23-16(20)14-10-13(6-7-15(14)18)19-24(21,22)9-8-11-2-4-12(17)5-3-11/h2-10,19H,1H3. The van der Waals surface area contributed by atoms with Crippen molar-refractivity contribution in [3.63, 3.8) is 0 Å². The lowest BCUT2D eigenvalue weighted by atomic mass is 10.2. The van der Waals surface area contributed by atoms with Crippen molar-refractivity contribution in [1.29, 1.82) is 0 Å². The highest BCUT2D eigenvalue weighted by Crippen LogP contribution is 2.22. The Balaban J connectivity index is 2.20. The van der Waals surface area contributed by atoms with Crippen LogP contribution in [0, 0.1) is 0 Å². The van der Waals surface area contributed by atoms with Gasteiger partial charge in [0.15, 0.2) is 0 Å². The Hall–Kier alpha value is -2.02. The molecule has 24 heavy (non-hydrogen) atoms. The molecule has 0 aliphatic carbocycles. The molecule has 0 saturated heterocycles. The quantitative estimate of drug-likeness (QED) is 0.782. The molecule has 2 aromatic carbocycles. The van der Waals surface area contributed by atoms with Crippen LogP contribution < -0.4 is 4.72 Å². The summed E-state index contributed by atoms with van der Waals surface area (Å²) >= 11 is 11.7. The molecule has 0 spiro atoms. The summed E-state index contributed by atoms with van der Waals surface area (Å²) in [5, 5.41) is 1.74. The van der Waals surface area contributed by atoms with E-state index in [1.165, 1.54) is 31.4 Å². The van der Waals surface area contributed by atoms with E-state index in [9.17, 15) is 13.2 Å². The summed E-state index contributed by atoms with van der Waals surface area (Å²) in [4.78, 5) is 11.6. The van der Waals surface area contributed by atoms with Crippen LogP contribution in [0.2, 0.25) is 10.0 Å². The Morgan fingerprint density at radius 1 is 1.12 bits per heavy atom. The minimum atomic E-state index is -3.76. The van der Waals surface area contributed by atoms with Gasteiger partial charge in [-0.15, -0.1) is 0 Å². The van der Waals surface area contributed by atoms with Crippen LogP contribution in [0.15, 0.2) is 47.9 Å². The highest BCUT2D eigenvalue weighted by Gasteiger charge is 2.13. The highest BCUT2D eigenvalue weighted by atomic mass is 35.5. The zero-order valence-electron chi connectivity index (χ0n) is 12.5. The molecule has 2 rings (SSSR count). The smallest absolute Gasteiger partial charge is 0.339 e. The fraction of sp³-hybridized carbons (Fsp3) is 0.0625. The highest BCUT2D eigenvalue weighted by molar-refractivity contribution is 7.95. The summed E-state index contributed by atoms with van der Waals surface area (Å²) < 4.78 is 31.1. The van der Waals surface area contributed by atoms with Crippen molar-refractivity contribution >= 4 is 51.0 Å². The van der Waals surface area contributed by atoms with Crippen molar-refractivity contribution in [1.82, 2.24) is 0 Å². The summed E-state index contributed by atoms with van der Waals surface area (Å²) in [5.74, 6) is -0.655. The van der Waals surface area contributed by atoms with Gasteiger partial charge in [0, 0.05) is 10.7 Å². The number of carbonyl (C=O) groups is 1. The second kappa shape index (κ2) is 7.70. The van der Waals surface area contributed by atoms with Gasteiger partial charge in [0.1, 0.15) is 0 Å². The largest absolute Gasteiger partial charge is 0.465 e. The molecule has 126 valence electrons. The third kappa shape index (κ3) is 4.99. The molecule has 0 unspecified atom stereocenters. The van der Waals surface area contributed by atoms with Gasteiger partial charge in [-0.3, -0.25) is 4.72 Å². The predicted molar refractivity (Wildman–Crippen MR) is 95.8 cm³/mol. The molecule has 0 aliphatic rings. The molecule has 0 fully saturated rings. The van der Waals surface area contributed by atoms with Crippen molar-refractivity contribution in [2.45, 2.75) is 0 Å². The van der Waals surface area contributed by atoms with Gasteiger partial charge in [0.05, 0.1) is 23.1 Å². The Kier molecular flexibility index (Phi) is 5.88. The molecule has 5 nitrogen and oxygen atoms in total. The van der Waals surface area contributed by atoms with Crippen LogP contribution in [-0.4, -0.2) is 21.5 Å². The number of nitrogens with one attached hydrogen (secondary N) is 1. The van der Waals surface area contributed by atoms with Crippen molar-refractivity contribution in [3.05, 3.63) is 69.0 Å². The maximum absolute atomic E-state index is 12.1. The molecular formula is C16H13Cl2NO4S. The Morgan fingerprint density at radius 2 is 1.79 bits per heavy atom. The third-order valence-corrected chi connectivity index (χ3v) is 4.54. The topological polar surface area (TPSA) is 72.5 Å². The number of esters is 1. The zero-order valence-corrected chi connectivity index (χ0v) is 14.8. The normalized spacial score (nSPS) is 11.5. The summed E-state index contributed by atoms with van der Waals surface area (Å²) in [6, 6.07) is 10.9. The lowest BCUT2D eigenvalue weighted by molar-refractivity contribution is 0.0601. The number of benzene rings is 2. The van der Waals surface area contributed by atoms with E-state index in [2.05, 4.69) is 9.46 Å². The molecule has 1 N–H and O–H groups in total. The number of ether oxygens (including phenoxy) is 1. The number of halogens is 2. The monoisotopic (exact) mass is 385 g/mol. The Morgan fingerprint density at radius 3 is 2.42 bits per heavy atom. The first kappa shape index (κ1) is 18.3. The lowest BCUT2D eigenvalue weighted by Gasteiger charge is -2.07. The second-order valence-electron chi connectivity index (χ2n) is 4.69. The summed E-state index contributed by atoms with van der Waals surface area (Å²) in [6.45, 7) is 0. The van der Waals surface area contributed by atoms with Crippen LogP contribution in [0.25, 0.3) is 6.08 Å². The molecule has 0 aliphatic heterocycles. The summed E-state index contributed by atoms with van der Waals surface area (Å²) in [5.41, 5.74) is 0.942.